The lowest BCUT2D eigenvalue weighted by Gasteiger charge is -2.14. The number of halogens is 4. The molecule has 0 aliphatic rings. The third-order valence-corrected chi connectivity index (χ3v) is 3.99. The number of nitrogens with one attached hydrogen (secondary N) is 1. The number of carbonyl (C=O) groups excluding carboxylic acids is 1. The maximum absolute atomic E-state index is 12.5. The zero-order valence-electron chi connectivity index (χ0n) is 15.6. The molecular weight excluding hydrogens is 453 g/mol. The minimum atomic E-state index is -4.83. The molecule has 2 heterocycles. The van der Waals surface area contributed by atoms with E-state index < -0.39 is 12.3 Å². The van der Waals surface area contributed by atoms with Gasteiger partial charge in [0.25, 0.3) is 5.91 Å². The molecule has 0 unspecified atom stereocenters. The van der Waals surface area contributed by atoms with Crippen LogP contribution in [0.2, 0.25) is 0 Å². The average molecular weight is 471 g/mol. The fourth-order valence-corrected chi connectivity index (χ4v) is 2.61. The Morgan fingerprint density at radius 2 is 1.97 bits per heavy atom. The van der Waals surface area contributed by atoms with Gasteiger partial charge in [0.05, 0.1) is 11.8 Å². The summed E-state index contributed by atoms with van der Waals surface area (Å²) in [5.74, 6) is -0.302. The van der Waals surface area contributed by atoms with Crippen LogP contribution in [0.1, 0.15) is 29.8 Å². The number of nitrogens with zero attached hydrogens (tertiary/aromatic N) is 1. The van der Waals surface area contributed by atoms with E-state index in [-0.39, 0.29) is 23.4 Å². The number of rotatable bonds is 5. The van der Waals surface area contributed by atoms with Crippen LogP contribution in [0.3, 0.4) is 0 Å². The van der Waals surface area contributed by atoms with Crippen LogP contribution in [0, 0.1) is 0 Å². The first kappa shape index (κ1) is 22.5. The highest BCUT2D eigenvalue weighted by atomic mass is 79.9. The second-order valence-electron chi connectivity index (χ2n) is 5.39. The van der Waals surface area contributed by atoms with Gasteiger partial charge < -0.3 is 14.5 Å². The van der Waals surface area contributed by atoms with Gasteiger partial charge in [-0.25, -0.2) is 0 Å². The molecule has 0 saturated carbocycles. The van der Waals surface area contributed by atoms with Gasteiger partial charge in [-0.1, -0.05) is 35.8 Å². The quantitative estimate of drug-likeness (QED) is 0.499. The Balaban J connectivity index is 0.00000145. The van der Waals surface area contributed by atoms with Crippen LogP contribution in [0.15, 0.2) is 63.8 Å². The Kier molecular flexibility index (Phi) is 7.83. The molecule has 2 aromatic heterocycles. The number of carbonyl (C=O) groups is 1. The van der Waals surface area contributed by atoms with E-state index >= 15 is 0 Å². The third kappa shape index (κ3) is 6.63. The van der Waals surface area contributed by atoms with Crippen molar-refractivity contribution in [3.8, 4) is 17.2 Å². The molecule has 0 atom stereocenters. The molecule has 1 N–H and O–H groups in total. The largest absolute Gasteiger partial charge is 0.573 e. The van der Waals surface area contributed by atoms with Crippen molar-refractivity contribution in [1.29, 1.82) is 0 Å². The Labute approximate surface area is 174 Å². The summed E-state index contributed by atoms with van der Waals surface area (Å²) in [5.41, 5.74) is 1.01. The maximum Gasteiger partial charge on any atom is 0.573 e. The van der Waals surface area contributed by atoms with E-state index in [2.05, 4.69) is 31.0 Å². The molecule has 0 spiro atoms. The van der Waals surface area contributed by atoms with Gasteiger partial charge in [0, 0.05) is 22.8 Å². The standard InChI is InChI=1S/C18H12BrF3N2O3.C2H6/c19-13-5-3-11(16(8-13)27-18(20,21)22)9-24-17(25)12-4-6-14(23-10-12)15-2-1-7-26-15;1-2/h1-8,10H,9H2,(H,24,25);1-2H3. The summed E-state index contributed by atoms with van der Waals surface area (Å²) in [4.78, 5) is 16.4. The third-order valence-electron chi connectivity index (χ3n) is 3.49. The molecule has 1 amide bonds. The summed E-state index contributed by atoms with van der Waals surface area (Å²) < 4.78 is 47.2. The normalized spacial score (nSPS) is 10.7. The molecule has 0 radical (unpaired) electrons. The van der Waals surface area contributed by atoms with Crippen molar-refractivity contribution in [3.05, 3.63) is 70.5 Å². The van der Waals surface area contributed by atoms with Crippen molar-refractivity contribution in [2.45, 2.75) is 26.8 Å². The predicted octanol–water partition coefficient (Wildman–Crippen LogP) is 5.96. The number of alkyl halides is 3. The smallest absolute Gasteiger partial charge is 0.463 e. The molecule has 1 aromatic carbocycles. The zero-order chi connectivity index (χ0) is 21.4. The van der Waals surface area contributed by atoms with Crippen LogP contribution in [0.4, 0.5) is 13.2 Å². The Hall–Kier alpha value is -2.81. The number of hydrogen-bond acceptors (Lipinski definition) is 4. The summed E-state index contributed by atoms with van der Waals surface area (Å²) in [6.45, 7) is 3.86. The first-order chi connectivity index (χ1) is 13.8. The van der Waals surface area contributed by atoms with Crippen LogP contribution < -0.4 is 10.1 Å². The van der Waals surface area contributed by atoms with Crippen molar-refractivity contribution in [2.24, 2.45) is 0 Å². The number of pyridine rings is 1. The molecule has 0 aliphatic carbocycles. The lowest BCUT2D eigenvalue weighted by Crippen LogP contribution is -2.24. The lowest BCUT2D eigenvalue weighted by molar-refractivity contribution is -0.274. The minimum Gasteiger partial charge on any atom is -0.463 e. The average Bonchev–Trinajstić information content (AvgIpc) is 3.22. The summed E-state index contributed by atoms with van der Waals surface area (Å²) in [6, 6.07) is 10.8. The molecule has 3 aromatic rings. The molecule has 0 fully saturated rings. The molecular formula is C20H18BrF3N2O3. The van der Waals surface area contributed by atoms with E-state index in [9.17, 15) is 18.0 Å². The van der Waals surface area contributed by atoms with E-state index in [1.165, 1.54) is 24.6 Å². The van der Waals surface area contributed by atoms with Crippen LogP contribution in [-0.2, 0) is 6.54 Å². The Bertz CT molecular complexity index is 927. The summed E-state index contributed by atoms with van der Waals surface area (Å²) in [6.07, 6.45) is -1.95. The van der Waals surface area contributed by atoms with Gasteiger partial charge in [0.1, 0.15) is 11.4 Å². The summed E-state index contributed by atoms with van der Waals surface area (Å²) in [5, 5.41) is 2.55. The van der Waals surface area contributed by atoms with Gasteiger partial charge in [0.2, 0.25) is 0 Å². The van der Waals surface area contributed by atoms with Crippen LogP contribution >= 0.6 is 15.9 Å². The van der Waals surface area contributed by atoms with Gasteiger partial charge in [-0.3, -0.25) is 9.78 Å². The number of ether oxygens (including phenoxy) is 1. The van der Waals surface area contributed by atoms with E-state index in [1.807, 2.05) is 13.8 Å². The maximum atomic E-state index is 12.5. The molecule has 154 valence electrons. The second-order valence-corrected chi connectivity index (χ2v) is 6.31. The van der Waals surface area contributed by atoms with Crippen LogP contribution in [0.25, 0.3) is 11.5 Å². The van der Waals surface area contributed by atoms with Crippen LogP contribution in [0.5, 0.6) is 5.75 Å². The van der Waals surface area contributed by atoms with Crippen molar-refractivity contribution >= 4 is 21.8 Å². The van der Waals surface area contributed by atoms with E-state index in [0.717, 1.165) is 0 Å². The fourth-order valence-electron chi connectivity index (χ4n) is 2.27. The highest BCUT2D eigenvalue weighted by Crippen LogP contribution is 2.29. The van der Waals surface area contributed by atoms with E-state index in [1.54, 1.807) is 30.3 Å². The Morgan fingerprint density at radius 3 is 2.55 bits per heavy atom. The highest BCUT2D eigenvalue weighted by Gasteiger charge is 2.32. The van der Waals surface area contributed by atoms with Gasteiger partial charge in [-0.2, -0.15) is 0 Å². The van der Waals surface area contributed by atoms with Crippen molar-refractivity contribution in [2.75, 3.05) is 0 Å². The predicted molar refractivity (Wildman–Crippen MR) is 105 cm³/mol. The molecule has 3 rings (SSSR count). The zero-order valence-corrected chi connectivity index (χ0v) is 17.2. The number of aromatic nitrogens is 1. The summed E-state index contributed by atoms with van der Waals surface area (Å²) >= 11 is 3.09. The van der Waals surface area contributed by atoms with Crippen molar-refractivity contribution < 1.29 is 27.1 Å². The Morgan fingerprint density at radius 1 is 1.21 bits per heavy atom. The molecule has 0 aliphatic heterocycles. The monoisotopic (exact) mass is 470 g/mol. The van der Waals surface area contributed by atoms with Crippen molar-refractivity contribution in [1.82, 2.24) is 10.3 Å². The van der Waals surface area contributed by atoms with E-state index in [4.69, 9.17) is 4.42 Å². The van der Waals surface area contributed by atoms with Gasteiger partial charge in [-0.05, 0) is 36.4 Å². The molecule has 9 heteroatoms. The molecule has 29 heavy (non-hydrogen) atoms. The number of amides is 1. The number of furan rings is 1. The fraction of sp³-hybridized carbons (Fsp3) is 0.200. The summed E-state index contributed by atoms with van der Waals surface area (Å²) in [7, 11) is 0. The molecule has 0 bridgehead atoms. The molecule has 0 saturated heterocycles. The van der Waals surface area contributed by atoms with Crippen molar-refractivity contribution in [3.63, 3.8) is 0 Å². The second kappa shape index (κ2) is 10.1. The van der Waals surface area contributed by atoms with Gasteiger partial charge >= 0.3 is 6.36 Å². The first-order valence-electron chi connectivity index (χ1n) is 8.64. The van der Waals surface area contributed by atoms with E-state index in [0.29, 0.717) is 15.9 Å². The minimum absolute atomic E-state index is 0.141. The first-order valence-corrected chi connectivity index (χ1v) is 9.43. The number of benzene rings is 1. The van der Waals surface area contributed by atoms with Crippen LogP contribution in [-0.4, -0.2) is 17.3 Å². The number of hydrogen-bond donors (Lipinski definition) is 1. The molecule has 5 nitrogen and oxygen atoms in total. The van der Waals surface area contributed by atoms with Gasteiger partial charge in [-0.15, -0.1) is 13.2 Å². The highest BCUT2D eigenvalue weighted by molar-refractivity contribution is 9.10. The SMILES string of the molecule is CC.O=C(NCc1ccc(Br)cc1OC(F)(F)F)c1ccc(-c2ccco2)nc1. The lowest BCUT2D eigenvalue weighted by atomic mass is 10.2. The topological polar surface area (TPSA) is 64.4 Å². The van der Waals surface area contributed by atoms with Gasteiger partial charge in [0.15, 0.2) is 5.76 Å².